The van der Waals surface area contributed by atoms with Gasteiger partial charge >= 0.3 is 5.97 Å². The molecule has 0 aromatic rings. The third-order valence-electron chi connectivity index (χ3n) is 3.12. The highest BCUT2D eigenvalue weighted by atomic mass is 16.4. The Labute approximate surface area is 97.6 Å². The van der Waals surface area contributed by atoms with Gasteiger partial charge in [-0.25, -0.2) is 4.79 Å². The van der Waals surface area contributed by atoms with Crippen LogP contribution < -0.4 is 0 Å². The summed E-state index contributed by atoms with van der Waals surface area (Å²) in [6, 6.07) is 0. The zero-order valence-electron chi connectivity index (χ0n) is 10.9. The predicted molar refractivity (Wildman–Crippen MR) is 63.2 cm³/mol. The van der Waals surface area contributed by atoms with Crippen LogP contribution in [0.3, 0.4) is 0 Å². The van der Waals surface area contributed by atoms with Crippen molar-refractivity contribution >= 4 is 11.9 Å². The normalized spacial score (nSPS) is 11.6. The lowest BCUT2D eigenvalue weighted by atomic mass is 9.96. The van der Waals surface area contributed by atoms with E-state index < -0.39 is 11.5 Å². The first-order chi connectivity index (χ1) is 7.32. The summed E-state index contributed by atoms with van der Waals surface area (Å²) in [4.78, 5) is 24.7. The Balaban J connectivity index is 5.00. The molecule has 0 aliphatic rings. The van der Waals surface area contributed by atoms with Crippen molar-refractivity contribution in [3.8, 4) is 0 Å². The number of amides is 1. The van der Waals surface area contributed by atoms with Crippen molar-refractivity contribution in [3.63, 3.8) is 0 Å². The second-order valence-corrected chi connectivity index (χ2v) is 4.46. The van der Waals surface area contributed by atoms with Crippen molar-refractivity contribution in [2.75, 3.05) is 6.54 Å². The Bertz CT molecular complexity index is 257. The molecule has 1 N–H and O–H groups in total. The number of hydrogen-bond acceptors (Lipinski definition) is 2. The third kappa shape index (κ3) is 2.97. The smallest absolute Gasteiger partial charge is 0.329 e. The molecule has 0 aliphatic heterocycles. The topological polar surface area (TPSA) is 57.6 Å². The average molecular weight is 229 g/mol. The summed E-state index contributed by atoms with van der Waals surface area (Å²) in [5.74, 6) is -1.09. The van der Waals surface area contributed by atoms with Crippen LogP contribution >= 0.6 is 0 Å². The molecule has 0 fully saturated rings. The molecular weight excluding hydrogens is 206 g/mol. The van der Waals surface area contributed by atoms with E-state index in [-0.39, 0.29) is 11.8 Å². The first kappa shape index (κ1) is 14.9. The SMILES string of the molecule is CCC(CC)C(=O)N(CC)C(C)(C)C(=O)O. The van der Waals surface area contributed by atoms with E-state index in [1.165, 1.54) is 4.90 Å². The Kier molecular flexibility index (Phi) is 5.48. The van der Waals surface area contributed by atoms with Gasteiger partial charge in [-0.15, -0.1) is 0 Å². The molecule has 0 saturated heterocycles. The minimum Gasteiger partial charge on any atom is -0.480 e. The van der Waals surface area contributed by atoms with E-state index in [0.717, 1.165) is 12.8 Å². The molecule has 0 rings (SSSR count). The standard InChI is InChI=1S/C12H23NO3/c1-6-9(7-2)10(14)13(8-3)12(4,5)11(15)16/h9H,6-8H2,1-5H3,(H,15,16). The van der Waals surface area contributed by atoms with Gasteiger partial charge in [0.25, 0.3) is 0 Å². The number of nitrogens with zero attached hydrogens (tertiary/aromatic N) is 1. The van der Waals surface area contributed by atoms with Crippen molar-refractivity contribution in [2.24, 2.45) is 5.92 Å². The molecule has 4 heteroatoms. The predicted octanol–water partition coefficient (Wildman–Crippen LogP) is 2.13. The van der Waals surface area contributed by atoms with E-state index in [1.54, 1.807) is 13.8 Å². The highest BCUT2D eigenvalue weighted by Gasteiger charge is 2.38. The monoisotopic (exact) mass is 229 g/mol. The highest BCUT2D eigenvalue weighted by Crippen LogP contribution is 2.20. The molecule has 0 aromatic carbocycles. The zero-order chi connectivity index (χ0) is 12.9. The van der Waals surface area contributed by atoms with Crippen molar-refractivity contribution in [3.05, 3.63) is 0 Å². The van der Waals surface area contributed by atoms with Crippen molar-refractivity contribution in [1.29, 1.82) is 0 Å². The zero-order valence-corrected chi connectivity index (χ0v) is 10.9. The summed E-state index contributed by atoms with van der Waals surface area (Å²) in [5, 5.41) is 9.12. The Morgan fingerprint density at radius 2 is 1.62 bits per heavy atom. The molecule has 1 amide bonds. The van der Waals surface area contributed by atoms with Gasteiger partial charge in [-0.1, -0.05) is 13.8 Å². The van der Waals surface area contributed by atoms with E-state index in [1.807, 2.05) is 20.8 Å². The lowest BCUT2D eigenvalue weighted by Crippen LogP contribution is -2.54. The maximum Gasteiger partial charge on any atom is 0.329 e. The maximum atomic E-state index is 12.2. The average Bonchev–Trinajstić information content (AvgIpc) is 2.19. The second kappa shape index (κ2) is 5.87. The van der Waals surface area contributed by atoms with Gasteiger partial charge in [0.15, 0.2) is 0 Å². The maximum absolute atomic E-state index is 12.2. The van der Waals surface area contributed by atoms with Crippen LogP contribution in [-0.4, -0.2) is 34.0 Å². The van der Waals surface area contributed by atoms with Gasteiger partial charge in [0.1, 0.15) is 5.54 Å². The van der Waals surface area contributed by atoms with Crippen molar-refractivity contribution in [1.82, 2.24) is 4.90 Å². The summed E-state index contributed by atoms with van der Waals surface area (Å²) < 4.78 is 0. The fourth-order valence-corrected chi connectivity index (χ4v) is 1.80. The van der Waals surface area contributed by atoms with E-state index >= 15 is 0 Å². The fraction of sp³-hybridized carbons (Fsp3) is 0.833. The summed E-state index contributed by atoms with van der Waals surface area (Å²) in [5.41, 5.74) is -1.13. The lowest BCUT2D eigenvalue weighted by molar-refractivity contribution is -0.158. The van der Waals surface area contributed by atoms with Crippen LogP contribution in [0.2, 0.25) is 0 Å². The van der Waals surface area contributed by atoms with Crippen molar-refractivity contribution in [2.45, 2.75) is 53.0 Å². The van der Waals surface area contributed by atoms with E-state index in [9.17, 15) is 9.59 Å². The molecule has 0 saturated carbocycles. The van der Waals surface area contributed by atoms with E-state index in [2.05, 4.69) is 0 Å². The number of rotatable bonds is 6. The van der Waals surface area contributed by atoms with Gasteiger partial charge in [0, 0.05) is 12.5 Å². The van der Waals surface area contributed by atoms with Gasteiger partial charge in [-0.2, -0.15) is 0 Å². The quantitative estimate of drug-likeness (QED) is 0.759. The van der Waals surface area contributed by atoms with Crippen LogP contribution in [0.4, 0.5) is 0 Å². The first-order valence-corrected chi connectivity index (χ1v) is 5.87. The Hall–Kier alpha value is -1.06. The van der Waals surface area contributed by atoms with Gasteiger partial charge in [0.2, 0.25) is 5.91 Å². The minimum atomic E-state index is -1.13. The molecule has 16 heavy (non-hydrogen) atoms. The number of likely N-dealkylation sites (N-methyl/N-ethyl adjacent to an activating group) is 1. The molecule has 0 unspecified atom stereocenters. The number of carboxylic acid groups (broad SMARTS) is 1. The van der Waals surface area contributed by atoms with Crippen molar-refractivity contribution < 1.29 is 14.7 Å². The molecule has 0 heterocycles. The van der Waals surface area contributed by atoms with Crippen LogP contribution in [0.5, 0.6) is 0 Å². The molecule has 0 bridgehead atoms. The van der Waals surface area contributed by atoms with Crippen LogP contribution in [-0.2, 0) is 9.59 Å². The summed E-state index contributed by atoms with van der Waals surface area (Å²) in [7, 11) is 0. The Morgan fingerprint density at radius 1 is 1.19 bits per heavy atom. The summed E-state index contributed by atoms with van der Waals surface area (Å²) in [6.45, 7) is 9.28. The van der Waals surface area contributed by atoms with Crippen LogP contribution in [0, 0.1) is 5.92 Å². The molecule has 0 radical (unpaired) electrons. The molecule has 0 aliphatic carbocycles. The van der Waals surface area contributed by atoms with Gasteiger partial charge in [-0.3, -0.25) is 4.79 Å². The molecule has 94 valence electrons. The molecule has 0 atom stereocenters. The van der Waals surface area contributed by atoms with Crippen LogP contribution in [0.15, 0.2) is 0 Å². The largest absolute Gasteiger partial charge is 0.480 e. The van der Waals surface area contributed by atoms with Gasteiger partial charge in [-0.05, 0) is 33.6 Å². The third-order valence-corrected chi connectivity index (χ3v) is 3.12. The number of carboxylic acids is 1. The lowest BCUT2D eigenvalue weighted by Gasteiger charge is -2.36. The molecule has 0 aromatic heterocycles. The van der Waals surface area contributed by atoms with Crippen LogP contribution in [0.1, 0.15) is 47.5 Å². The van der Waals surface area contributed by atoms with E-state index in [0.29, 0.717) is 6.54 Å². The number of aliphatic carboxylic acids is 1. The number of carbonyl (C=O) groups excluding carboxylic acids is 1. The van der Waals surface area contributed by atoms with E-state index in [4.69, 9.17) is 5.11 Å². The van der Waals surface area contributed by atoms with Gasteiger partial charge in [0.05, 0.1) is 0 Å². The molecular formula is C12H23NO3. The summed E-state index contributed by atoms with van der Waals surface area (Å²) in [6.07, 6.45) is 1.50. The van der Waals surface area contributed by atoms with Crippen LogP contribution in [0.25, 0.3) is 0 Å². The Morgan fingerprint density at radius 3 is 1.88 bits per heavy atom. The first-order valence-electron chi connectivity index (χ1n) is 5.87. The van der Waals surface area contributed by atoms with Gasteiger partial charge < -0.3 is 10.0 Å². The minimum absolute atomic E-state index is 0.0556. The molecule has 4 nitrogen and oxygen atoms in total. The fourth-order valence-electron chi connectivity index (χ4n) is 1.80. The summed E-state index contributed by atoms with van der Waals surface area (Å²) >= 11 is 0. The number of carbonyl (C=O) groups is 2. The highest BCUT2D eigenvalue weighted by molar-refractivity contribution is 5.87. The number of hydrogen-bond donors (Lipinski definition) is 1. The second-order valence-electron chi connectivity index (χ2n) is 4.46. The molecule has 0 spiro atoms.